The highest BCUT2D eigenvalue weighted by Crippen LogP contribution is 2.23. The molecule has 0 spiro atoms. The highest BCUT2D eigenvalue weighted by atomic mass is 35.5. The summed E-state index contributed by atoms with van der Waals surface area (Å²) in [5.74, 6) is 0.699. The molecule has 0 unspecified atom stereocenters. The molecule has 0 bridgehead atoms. The number of hydrogen-bond acceptors (Lipinski definition) is 2. The molecule has 0 aliphatic heterocycles. The van der Waals surface area contributed by atoms with Gasteiger partial charge in [0.25, 0.3) is 0 Å². The van der Waals surface area contributed by atoms with E-state index in [1.165, 1.54) is 0 Å². The number of hydrogen-bond donors (Lipinski definition) is 1. The molecule has 0 aliphatic carbocycles. The Morgan fingerprint density at radius 3 is 2.76 bits per heavy atom. The van der Waals surface area contributed by atoms with Crippen LogP contribution in [0, 0.1) is 0 Å². The van der Waals surface area contributed by atoms with Crippen molar-refractivity contribution in [2.45, 2.75) is 0 Å². The molecule has 2 aromatic carbocycles. The molecule has 5 heteroatoms. The lowest BCUT2D eigenvalue weighted by molar-refractivity contribution is 0.829. The Kier molecular flexibility index (Phi) is 2.75. The number of halogens is 1. The average molecular weight is 295 g/mol. The van der Waals surface area contributed by atoms with Gasteiger partial charge in [0.2, 0.25) is 5.95 Å². The summed E-state index contributed by atoms with van der Waals surface area (Å²) < 4.78 is 1.73. The van der Waals surface area contributed by atoms with E-state index in [1.807, 2.05) is 54.7 Å². The predicted octanol–water partition coefficient (Wildman–Crippen LogP) is 4.07. The molecule has 4 nitrogen and oxygen atoms in total. The highest BCUT2D eigenvalue weighted by Gasteiger charge is 2.07. The second-order valence-corrected chi connectivity index (χ2v) is 5.20. The van der Waals surface area contributed by atoms with Gasteiger partial charge in [0.05, 0.1) is 17.2 Å². The predicted molar refractivity (Wildman–Crippen MR) is 83.7 cm³/mol. The number of nitrogens with one attached hydrogen (secondary N) is 1. The summed E-state index contributed by atoms with van der Waals surface area (Å²) in [5.41, 5.74) is 3.95. The van der Waals surface area contributed by atoms with Gasteiger partial charge >= 0.3 is 0 Å². The maximum Gasteiger partial charge on any atom is 0.229 e. The van der Waals surface area contributed by atoms with Crippen LogP contribution in [0.2, 0.25) is 5.02 Å². The first kappa shape index (κ1) is 12.2. The van der Waals surface area contributed by atoms with Crippen LogP contribution < -0.4 is 0 Å². The fraction of sp³-hybridized carbons (Fsp3) is 0. The first-order valence-corrected chi connectivity index (χ1v) is 6.93. The third kappa shape index (κ3) is 2.19. The van der Waals surface area contributed by atoms with Crippen molar-refractivity contribution in [3.05, 3.63) is 65.9 Å². The van der Waals surface area contributed by atoms with Crippen LogP contribution in [0.1, 0.15) is 0 Å². The molecule has 2 heterocycles. The zero-order valence-corrected chi connectivity index (χ0v) is 11.7. The minimum Gasteiger partial charge on any atom is -0.322 e. The molecule has 4 rings (SSSR count). The Labute approximate surface area is 126 Å². The summed E-state index contributed by atoms with van der Waals surface area (Å²) in [6, 6.07) is 15.6. The van der Waals surface area contributed by atoms with Gasteiger partial charge in [0.15, 0.2) is 0 Å². The van der Waals surface area contributed by atoms with E-state index in [-0.39, 0.29) is 0 Å². The third-order valence-corrected chi connectivity index (χ3v) is 3.57. The quantitative estimate of drug-likeness (QED) is 0.606. The molecule has 2 aromatic heterocycles. The first-order chi connectivity index (χ1) is 10.3. The monoisotopic (exact) mass is 294 g/mol. The van der Waals surface area contributed by atoms with E-state index in [9.17, 15) is 0 Å². The van der Waals surface area contributed by atoms with E-state index >= 15 is 0 Å². The summed E-state index contributed by atoms with van der Waals surface area (Å²) in [6.07, 6.45) is 3.74. The summed E-state index contributed by atoms with van der Waals surface area (Å²) in [7, 11) is 0. The van der Waals surface area contributed by atoms with E-state index in [2.05, 4.69) is 15.1 Å². The molecule has 0 fully saturated rings. The Bertz CT molecular complexity index is 890. The molecular weight excluding hydrogens is 284 g/mol. The number of para-hydroxylation sites is 2. The Balaban J connectivity index is 1.77. The van der Waals surface area contributed by atoms with E-state index in [0.29, 0.717) is 11.0 Å². The maximum absolute atomic E-state index is 6.03. The summed E-state index contributed by atoms with van der Waals surface area (Å²) in [6.45, 7) is 0. The minimum atomic E-state index is 0.699. The molecular formula is C16H11ClN4. The lowest BCUT2D eigenvalue weighted by atomic mass is 10.1. The van der Waals surface area contributed by atoms with Crippen molar-refractivity contribution >= 4 is 22.6 Å². The molecule has 0 atom stereocenters. The number of nitrogens with zero attached hydrogens (tertiary/aromatic N) is 3. The van der Waals surface area contributed by atoms with Crippen LogP contribution in [0.5, 0.6) is 0 Å². The van der Waals surface area contributed by atoms with E-state index < -0.39 is 0 Å². The van der Waals surface area contributed by atoms with Crippen LogP contribution >= 0.6 is 11.6 Å². The zero-order chi connectivity index (χ0) is 14.2. The van der Waals surface area contributed by atoms with Crippen LogP contribution in [0.4, 0.5) is 0 Å². The summed E-state index contributed by atoms with van der Waals surface area (Å²) >= 11 is 6.03. The number of benzene rings is 2. The number of rotatable bonds is 2. The number of aromatic nitrogens is 4. The van der Waals surface area contributed by atoms with Gasteiger partial charge in [-0.15, -0.1) is 0 Å². The van der Waals surface area contributed by atoms with Crippen molar-refractivity contribution in [1.29, 1.82) is 0 Å². The SMILES string of the molecule is Clc1cccc(-c2cnn(-c3nc4ccccc4[nH]3)c2)c1. The van der Waals surface area contributed by atoms with E-state index in [4.69, 9.17) is 11.6 Å². The van der Waals surface area contributed by atoms with Crippen LogP contribution in [0.3, 0.4) is 0 Å². The number of H-pyrrole nitrogens is 1. The van der Waals surface area contributed by atoms with Gasteiger partial charge in [-0.05, 0) is 29.8 Å². The van der Waals surface area contributed by atoms with Crippen LogP contribution in [0.25, 0.3) is 28.1 Å². The van der Waals surface area contributed by atoms with Crippen LogP contribution in [-0.2, 0) is 0 Å². The molecule has 0 amide bonds. The molecule has 0 saturated carbocycles. The molecule has 0 radical (unpaired) electrons. The van der Waals surface area contributed by atoms with Gasteiger partial charge in [0, 0.05) is 16.8 Å². The van der Waals surface area contributed by atoms with Gasteiger partial charge in [-0.3, -0.25) is 0 Å². The average Bonchev–Trinajstić information content (AvgIpc) is 3.14. The molecule has 4 aromatic rings. The molecule has 21 heavy (non-hydrogen) atoms. The van der Waals surface area contributed by atoms with Crippen LogP contribution in [-0.4, -0.2) is 19.7 Å². The largest absolute Gasteiger partial charge is 0.322 e. The Morgan fingerprint density at radius 1 is 1.00 bits per heavy atom. The third-order valence-electron chi connectivity index (χ3n) is 3.33. The summed E-state index contributed by atoms with van der Waals surface area (Å²) in [4.78, 5) is 7.78. The standard InChI is InChI=1S/C16H11ClN4/c17-13-5-3-4-11(8-13)12-9-18-21(10-12)16-19-14-6-1-2-7-15(14)20-16/h1-10H,(H,19,20). The maximum atomic E-state index is 6.03. The van der Waals surface area contributed by atoms with E-state index in [0.717, 1.165) is 22.2 Å². The fourth-order valence-electron chi connectivity index (χ4n) is 2.30. The number of fused-ring (bicyclic) bond motifs is 1. The number of imidazole rings is 1. The minimum absolute atomic E-state index is 0.699. The zero-order valence-electron chi connectivity index (χ0n) is 11.0. The lowest BCUT2D eigenvalue weighted by Crippen LogP contribution is -1.95. The molecule has 102 valence electrons. The highest BCUT2D eigenvalue weighted by molar-refractivity contribution is 6.30. The second kappa shape index (κ2) is 4.75. The topological polar surface area (TPSA) is 46.5 Å². The van der Waals surface area contributed by atoms with Crippen LogP contribution in [0.15, 0.2) is 60.9 Å². The Morgan fingerprint density at radius 2 is 1.90 bits per heavy atom. The first-order valence-electron chi connectivity index (χ1n) is 6.55. The van der Waals surface area contributed by atoms with E-state index in [1.54, 1.807) is 10.9 Å². The van der Waals surface area contributed by atoms with Crippen molar-refractivity contribution in [2.24, 2.45) is 0 Å². The van der Waals surface area contributed by atoms with Gasteiger partial charge in [-0.25, -0.2) is 9.67 Å². The van der Waals surface area contributed by atoms with Gasteiger partial charge in [-0.2, -0.15) is 5.10 Å². The smallest absolute Gasteiger partial charge is 0.229 e. The normalized spacial score (nSPS) is 11.1. The molecule has 0 aliphatic rings. The van der Waals surface area contributed by atoms with Crippen molar-refractivity contribution in [3.63, 3.8) is 0 Å². The van der Waals surface area contributed by atoms with Crippen molar-refractivity contribution in [1.82, 2.24) is 19.7 Å². The van der Waals surface area contributed by atoms with Gasteiger partial charge < -0.3 is 4.98 Å². The van der Waals surface area contributed by atoms with Crippen molar-refractivity contribution in [2.75, 3.05) is 0 Å². The second-order valence-electron chi connectivity index (χ2n) is 4.76. The molecule has 1 N–H and O–H groups in total. The summed E-state index contributed by atoms with van der Waals surface area (Å²) in [5, 5.41) is 5.08. The van der Waals surface area contributed by atoms with Gasteiger partial charge in [0.1, 0.15) is 0 Å². The van der Waals surface area contributed by atoms with Crippen molar-refractivity contribution < 1.29 is 0 Å². The Hall–Kier alpha value is -2.59. The lowest BCUT2D eigenvalue weighted by Gasteiger charge is -1.97. The molecule has 0 saturated heterocycles. The van der Waals surface area contributed by atoms with Gasteiger partial charge in [-0.1, -0.05) is 35.9 Å². The number of aromatic amines is 1. The van der Waals surface area contributed by atoms with Crippen molar-refractivity contribution in [3.8, 4) is 17.1 Å². The fourth-order valence-corrected chi connectivity index (χ4v) is 2.49.